The number of likely N-dealkylation sites (tertiary alicyclic amines) is 1. The van der Waals surface area contributed by atoms with E-state index in [-0.39, 0.29) is 6.10 Å². The van der Waals surface area contributed by atoms with Gasteiger partial charge in [-0.2, -0.15) is 4.37 Å². The van der Waals surface area contributed by atoms with E-state index in [1.54, 1.807) is 0 Å². The third-order valence-corrected chi connectivity index (χ3v) is 4.09. The van der Waals surface area contributed by atoms with Crippen molar-refractivity contribution >= 4 is 22.4 Å². The Kier molecular flexibility index (Phi) is 4.87. The zero-order valence-corrected chi connectivity index (χ0v) is 12.8. The summed E-state index contributed by atoms with van der Waals surface area (Å²) in [4.78, 5) is 2.47. The van der Waals surface area contributed by atoms with Crippen molar-refractivity contribution in [1.82, 2.24) is 9.27 Å². The van der Waals surface area contributed by atoms with E-state index in [0.717, 1.165) is 18.1 Å². The summed E-state index contributed by atoms with van der Waals surface area (Å²) in [7, 11) is 0. The van der Waals surface area contributed by atoms with E-state index in [1.807, 2.05) is 13.8 Å². The SMILES string of the molecule is CCN1CCCC(Nc2snc(N)c2OC(C)C)C1. The molecule has 1 aliphatic rings. The van der Waals surface area contributed by atoms with Crippen molar-refractivity contribution in [1.29, 1.82) is 0 Å². The van der Waals surface area contributed by atoms with Gasteiger partial charge in [0.2, 0.25) is 0 Å². The Balaban J connectivity index is 2.02. The van der Waals surface area contributed by atoms with Crippen LogP contribution in [0.25, 0.3) is 0 Å². The molecule has 2 heterocycles. The Bertz CT molecular complexity index is 407. The number of piperidine rings is 1. The molecule has 0 bridgehead atoms. The lowest BCUT2D eigenvalue weighted by molar-refractivity contribution is 0.225. The quantitative estimate of drug-likeness (QED) is 0.869. The fraction of sp³-hybridized carbons (Fsp3) is 0.769. The van der Waals surface area contributed by atoms with Crippen molar-refractivity contribution in [2.45, 2.75) is 45.8 Å². The molecule has 0 aromatic carbocycles. The van der Waals surface area contributed by atoms with Gasteiger partial charge >= 0.3 is 0 Å². The number of nitrogens with zero attached hydrogens (tertiary/aromatic N) is 2. The standard InChI is InChI=1S/C13H24N4OS/c1-4-17-7-5-6-10(8-17)15-13-11(18-9(2)3)12(14)16-19-13/h9-10,15H,4-8H2,1-3H3,(H2,14,16). The minimum absolute atomic E-state index is 0.109. The fourth-order valence-corrected chi connectivity index (χ4v) is 3.11. The van der Waals surface area contributed by atoms with Crippen LogP contribution in [0.1, 0.15) is 33.6 Å². The highest BCUT2D eigenvalue weighted by molar-refractivity contribution is 7.11. The fourth-order valence-electron chi connectivity index (χ4n) is 2.38. The van der Waals surface area contributed by atoms with Gasteiger partial charge in [-0.1, -0.05) is 6.92 Å². The Morgan fingerprint density at radius 2 is 2.37 bits per heavy atom. The summed E-state index contributed by atoms with van der Waals surface area (Å²) in [5.41, 5.74) is 5.87. The van der Waals surface area contributed by atoms with Crippen LogP contribution < -0.4 is 15.8 Å². The lowest BCUT2D eigenvalue weighted by atomic mass is 10.1. The third kappa shape index (κ3) is 3.73. The van der Waals surface area contributed by atoms with Gasteiger partial charge in [-0.3, -0.25) is 0 Å². The highest BCUT2D eigenvalue weighted by Crippen LogP contribution is 2.36. The van der Waals surface area contributed by atoms with Crippen LogP contribution in [0.4, 0.5) is 10.8 Å². The molecule has 1 fully saturated rings. The molecule has 6 heteroatoms. The van der Waals surface area contributed by atoms with Gasteiger partial charge in [0.05, 0.1) is 6.10 Å². The molecule has 108 valence electrons. The van der Waals surface area contributed by atoms with Crippen LogP contribution in [0.2, 0.25) is 0 Å². The molecule has 2 rings (SSSR count). The highest BCUT2D eigenvalue weighted by atomic mass is 32.1. The van der Waals surface area contributed by atoms with Crippen LogP contribution in [0.15, 0.2) is 0 Å². The van der Waals surface area contributed by atoms with E-state index in [2.05, 4.69) is 21.5 Å². The monoisotopic (exact) mass is 284 g/mol. The van der Waals surface area contributed by atoms with Gasteiger partial charge in [0, 0.05) is 12.6 Å². The first kappa shape index (κ1) is 14.4. The zero-order chi connectivity index (χ0) is 13.8. The van der Waals surface area contributed by atoms with Gasteiger partial charge in [0.25, 0.3) is 0 Å². The largest absolute Gasteiger partial charge is 0.484 e. The normalized spacial score (nSPS) is 20.7. The van der Waals surface area contributed by atoms with E-state index in [4.69, 9.17) is 10.5 Å². The molecule has 1 unspecified atom stereocenters. The maximum absolute atomic E-state index is 5.87. The first-order chi connectivity index (χ1) is 9.10. The van der Waals surface area contributed by atoms with Crippen molar-refractivity contribution in [3.63, 3.8) is 0 Å². The second-order valence-electron chi connectivity index (χ2n) is 5.27. The molecule has 5 nitrogen and oxygen atoms in total. The van der Waals surface area contributed by atoms with E-state index >= 15 is 0 Å². The Morgan fingerprint density at radius 3 is 3.05 bits per heavy atom. The summed E-state index contributed by atoms with van der Waals surface area (Å²) in [6.45, 7) is 9.60. The second-order valence-corrected chi connectivity index (χ2v) is 6.04. The minimum Gasteiger partial charge on any atom is -0.484 e. The molecule has 1 saturated heterocycles. The van der Waals surface area contributed by atoms with Crippen LogP contribution in [-0.4, -0.2) is 41.1 Å². The number of rotatable bonds is 5. The number of ether oxygens (including phenoxy) is 1. The van der Waals surface area contributed by atoms with E-state index in [1.165, 1.54) is 30.9 Å². The highest BCUT2D eigenvalue weighted by Gasteiger charge is 2.22. The molecule has 1 aromatic heterocycles. The van der Waals surface area contributed by atoms with Crippen molar-refractivity contribution in [2.24, 2.45) is 0 Å². The van der Waals surface area contributed by atoms with Crippen LogP contribution in [0, 0.1) is 0 Å². The molecule has 0 amide bonds. The average molecular weight is 284 g/mol. The third-order valence-electron chi connectivity index (χ3n) is 3.32. The molecule has 1 atom stereocenters. The summed E-state index contributed by atoms with van der Waals surface area (Å²) < 4.78 is 9.95. The van der Waals surface area contributed by atoms with Crippen LogP contribution in [-0.2, 0) is 0 Å². The maximum atomic E-state index is 5.87. The molecule has 1 aliphatic heterocycles. The molecule has 3 N–H and O–H groups in total. The smallest absolute Gasteiger partial charge is 0.197 e. The molecular formula is C13H24N4OS. The minimum atomic E-state index is 0.109. The molecule has 0 aliphatic carbocycles. The Labute approximate surface area is 119 Å². The topological polar surface area (TPSA) is 63.4 Å². The van der Waals surface area contributed by atoms with Gasteiger partial charge in [0.1, 0.15) is 0 Å². The van der Waals surface area contributed by atoms with Crippen molar-refractivity contribution in [2.75, 3.05) is 30.7 Å². The summed E-state index contributed by atoms with van der Waals surface area (Å²) in [6.07, 6.45) is 2.54. The Morgan fingerprint density at radius 1 is 1.58 bits per heavy atom. The number of hydrogen-bond acceptors (Lipinski definition) is 6. The molecule has 0 radical (unpaired) electrons. The number of nitrogen functional groups attached to an aromatic ring is 1. The summed E-state index contributed by atoms with van der Waals surface area (Å²) in [5.74, 6) is 1.21. The predicted octanol–water partition coefficient (Wildman–Crippen LogP) is 2.41. The molecule has 19 heavy (non-hydrogen) atoms. The molecule has 0 spiro atoms. The van der Waals surface area contributed by atoms with Gasteiger partial charge in [-0.05, 0) is 51.3 Å². The van der Waals surface area contributed by atoms with Crippen molar-refractivity contribution < 1.29 is 4.74 Å². The number of nitrogens with one attached hydrogen (secondary N) is 1. The van der Waals surface area contributed by atoms with E-state index in [9.17, 15) is 0 Å². The van der Waals surface area contributed by atoms with Gasteiger partial charge < -0.3 is 20.7 Å². The maximum Gasteiger partial charge on any atom is 0.197 e. The second kappa shape index (κ2) is 6.43. The lowest BCUT2D eigenvalue weighted by Gasteiger charge is -2.32. The Hall–Kier alpha value is -1.01. The van der Waals surface area contributed by atoms with Crippen molar-refractivity contribution in [3.8, 4) is 5.75 Å². The van der Waals surface area contributed by atoms with Crippen LogP contribution in [0.3, 0.4) is 0 Å². The van der Waals surface area contributed by atoms with Crippen molar-refractivity contribution in [3.05, 3.63) is 0 Å². The summed E-state index contributed by atoms with van der Waals surface area (Å²) in [6, 6.07) is 0.461. The van der Waals surface area contributed by atoms with Gasteiger partial charge in [-0.25, -0.2) is 0 Å². The summed E-state index contributed by atoms with van der Waals surface area (Å²) in [5, 5.41) is 4.52. The van der Waals surface area contributed by atoms with Crippen LogP contribution in [0.5, 0.6) is 5.75 Å². The number of anilines is 2. The first-order valence-corrected chi connectivity index (χ1v) is 7.78. The molecule has 1 aromatic rings. The van der Waals surface area contributed by atoms with Gasteiger partial charge in [0.15, 0.2) is 16.6 Å². The number of hydrogen-bond donors (Lipinski definition) is 2. The molecule has 0 saturated carbocycles. The number of likely N-dealkylation sites (N-methyl/N-ethyl adjacent to an activating group) is 1. The lowest BCUT2D eigenvalue weighted by Crippen LogP contribution is -2.41. The predicted molar refractivity (Wildman–Crippen MR) is 81.0 cm³/mol. The average Bonchev–Trinajstić information content (AvgIpc) is 2.71. The van der Waals surface area contributed by atoms with Gasteiger partial charge in [-0.15, -0.1) is 0 Å². The van der Waals surface area contributed by atoms with E-state index in [0.29, 0.717) is 17.6 Å². The summed E-state index contributed by atoms with van der Waals surface area (Å²) >= 11 is 1.39. The zero-order valence-electron chi connectivity index (χ0n) is 12.0. The van der Waals surface area contributed by atoms with Crippen LogP contribution >= 0.6 is 11.5 Å². The van der Waals surface area contributed by atoms with E-state index < -0.39 is 0 Å². The molecular weight excluding hydrogens is 260 g/mol. The number of aromatic nitrogens is 1. The number of nitrogens with two attached hydrogens (primary N) is 1. The first-order valence-electron chi connectivity index (χ1n) is 7.00.